The third kappa shape index (κ3) is 1.51. The van der Waals surface area contributed by atoms with Crippen molar-refractivity contribution in [2.75, 3.05) is 13.2 Å². The molecule has 4 heteroatoms. The molecular formula is C11H13N3O. The van der Waals surface area contributed by atoms with Crippen LogP contribution in [-0.2, 0) is 4.74 Å². The Hall–Kier alpha value is -1.42. The quantitative estimate of drug-likeness (QED) is 0.769. The number of fused-ring (bicyclic) bond motifs is 1. The van der Waals surface area contributed by atoms with Crippen LogP contribution in [0.25, 0.3) is 11.0 Å². The summed E-state index contributed by atoms with van der Waals surface area (Å²) in [4.78, 5) is 4.27. The van der Waals surface area contributed by atoms with E-state index in [1.807, 2.05) is 6.20 Å². The highest BCUT2D eigenvalue weighted by atomic mass is 16.5. The highest BCUT2D eigenvalue weighted by molar-refractivity contribution is 5.77. The van der Waals surface area contributed by atoms with Gasteiger partial charge in [-0.15, -0.1) is 0 Å². The number of nitrogens with zero attached hydrogens (tertiary/aromatic N) is 2. The topological polar surface area (TPSA) is 50.8 Å². The molecule has 15 heavy (non-hydrogen) atoms. The molecule has 1 aliphatic heterocycles. The number of pyridine rings is 1. The molecule has 0 atom stereocenters. The monoisotopic (exact) mass is 203 g/mol. The lowest BCUT2D eigenvalue weighted by Crippen LogP contribution is -2.14. The van der Waals surface area contributed by atoms with Crippen LogP contribution in [0, 0.1) is 0 Å². The van der Waals surface area contributed by atoms with E-state index in [1.165, 1.54) is 5.56 Å². The van der Waals surface area contributed by atoms with Gasteiger partial charge in [0.15, 0.2) is 0 Å². The van der Waals surface area contributed by atoms with E-state index < -0.39 is 0 Å². The maximum atomic E-state index is 5.37. The molecule has 4 nitrogen and oxygen atoms in total. The van der Waals surface area contributed by atoms with Gasteiger partial charge in [0.05, 0.1) is 11.7 Å². The van der Waals surface area contributed by atoms with Crippen LogP contribution in [0.15, 0.2) is 18.5 Å². The molecule has 2 aromatic heterocycles. The number of aromatic nitrogens is 3. The lowest BCUT2D eigenvalue weighted by molar-refractivity contribution is 0.0855. The zero-order chi connectivity index (χ0) is 10.1. The summed E-state index contributed by atoms with van der Waals surface area (Å²) < 4.78 is 5.37. The van der Waals surface area contributed by atoms with Crippen molar-refractivity contribution in [1.29, 1.82) is 0 Å². The van der Waals surface area contributed by atoms with Crippen LogP contribution in [0.1, 0.15) is 24.3 Å². The fraction of sp³-hybridized carbons (Fsp3) is 0.455. The van der Waals surface area contributed by atoms with Gasteiger partial charge in [0, 0.05) is 19.4 Å². The van der Waals surface area contributed by atoms with Gasteiger partial charge in [0.2, 0.25) is 0 Å². The van der Waals surface area contributed by atoms with E-state index >= 15 is 0 Å². The summed E-state index contributed by atoms with van der Waals surface area (Å²) in [5.41, 5.74) is 3.38. The van der Waals surface area contributed by atoms with Crippen LogP contribution in [0.4, 0.5) is 0 Å². The number of hydrogen-bond donors (Lipinski definition) is 1. The highest BCUT2D eigenvalue weighted by Crippen LogP contribution is 2.30. The van der Waals surface area contributed by atoms with E-state index in [1.54, 1.807) is 6.20 Å². The van der Waals surface area contributed by atoms with E-state index in [2.05, 4.69) is 21.2 Å². The van der Waals surface area contributed by atoms with Crippen LogP contribution in [0.3, 0.4) is 0 Å². The average molecular weight is 203 g/mol. The highest BCUT2D eigenvalue weighted by Gasteiger charge is 2.18. The van der Waals surface area contributed by atoms with Gasteiger partial charge in [-0.3, -0.25) is 10.1 Å². The lowest BCUT2D eigenvalue weighted by atomic mass is 9.91. The third-order valence-electron chi connectivity index (χ3n) is 3.04. The van der Waals surface area contributed by atoms with Crippen LogP contribution in [0.5, 0.6) is 0 Å². The predicted molar refractivity (Wildman–Crippen MR) is 56.7 cm³/mol. The van der Waals surface area contributed by atoms with Crippen LogP contribution >= 0.6 is 0 Å². The number of ether oxygens (including phenoxy) is 1. The maximum Gasteiger partial charge on any atom is 0.108 e. The number of H-pyrrole nitrogens is 1. The number of rotatable bonds is 1. The van der Waals surface area contributed by atoms with Crippen molar-refractivity contribution >= 4 is 11.0 Å². The molecule has 1 fully saturated rings. The van der Waals surface area contributed by atoms with Crippen molar-refractivity contribution in [2.45, 2.75) is 18.8 Å². The van der Waals surface area contributed by atoms with E-state index in [0.29, 0.717) is 5.92 Å². The van der Waals surface area contributed by atoms with Gasteiger partial charge >= 0.3 is 0 Å². The molecule has 0 unspecified atom stereocenters. The number of hydrogen-bond acceptors (Lipinski definition) is 3. The second kappa shape index (κ2) is 3.62. The largest absolute Gasteiger partial charge is 0.381 e. The van der Waals surface area contributed by atoms with Crippen molar-refractivity contribution in [3.63, 3.8) is 0 Å². The summed E-state index contributed by atoms with van der Waals surface area (Å²) >= 11 is 0. The predicted octanol–water partition coefficient (Wildman–Crippen LogP) is 1.85. The summed E-state index contributed by atoms with van der Waals surface area (Å²) in [5.74, 6) is 0.588. The zero-order valence-corrected chi connectivity index (χ0v) is 8.44. The molecule has 3 rings (SSSR count). The molecule has 1 N–H and O–H groups in total. The van der Waals surface area contributed by atoms with Crippen LogP contribution in [-0.4, -0.2) is 28.4 Å². The van der Waals surface area contributed by atoms with Gasteiger partial charge in [-0.25, -0.2) is 0 Å². The molecule has 0 spiro atoms. The number of nitrogens with one attached hydrogen (secondary N) is 1. The third-order valence-corrected chi connectivity index (χ3v) is 3.04. The Bertz CT molecular complexity index is 460. The standard InChI is InChI=1S/C11H13N3O/c1-4-12-10-7-13-14-11(10)9(1)8-2-5-15-6-3-8/h1,4,7-8H,2-3,5-6H2,(H,13,14). The first-order chi connectivity index (χ1) is 7.45. The lowest BCUT2D eigenvalue weighted by Gasteiger charge is -2.22. The smallest absolute Gasteiger partial charge is 0.108 e. The van der Waals surface area contributed by atoms with E-state index in [-0.39, 0.29) is 0 Å². The van der Waals surface area contributed by atoms with Crippen molar-refractivity contribution in [3.05, 3.63) is 24.0 Å². The molecule has 0 amide bonds. The minimum absolute atomic E-state index is 0.588. The van der Waals surface area contributed by atoms with Crippen molar-refractivity contribution < 1.29 is 4.74 Å². The minimum atomic E-state index is 0.588. The summed E-state index contributed by atoms with van der Waals surface area (Å²) in [6.45, 7) is 1.73. The summed E-state index contributed by atoms with van der Waals surface area (Å²) in [6, 6.07) is 2.09. The molecule has 0 bridgehead atoms. The van der Waals surface area contributed by atoms with Gasteiger partial charge in [0.1, 0.15) is 5.52 Å². The Morgan fingerprint density at radius 3 is 3.07 bits per heavy atom. The molecule has 3 heterocycles. The Morgan fingerprint density at radius 2 is 2.20 bits per heavy atom. The van der Waals surface area contributed by atoms with E-state index in [4.69, 9.17) is 4.74 Å². The van der Waals surface area contributed by atoms with Gasteiger partial charge in [-0.05, 0) is 30.4 Å². The molecule has 1 saturated heterocycles. The first-order valence-electron chi connectivity index (χ1n) is 5.31. The van der Waals surface area contributed by atoms with Gasteiger partial charge in [0.25, 0.3) is 0 Å². The Kier molecular flexibility index (Phi) is 2.14. The molecule has 1 aliphatic rings. The zero-order valence-electron chi connectivity index (χ0n) is 8.44. The summed E-state index contributed by atoms with van der Waals surface area (Å²) in [6.07, 6.45) is 5.83. The first kappa shape index (κ1) is 8.85. The first-order valence-corrected chi connectivity index (χ1v) is 5.31. The molecule has 0 saturated carbocycles. The Morgan fingerprint density at radius 1 is 1.33 bits per heavy atom. The molecule has 0 aliphatic carbocycles. The Labute approximate surface area is 87.7 Å². The van der Waals surface area contributed by atoms with Crippen LogP contribution < -0.4 is 0 Å². The molecular weight excluding hydrogens is 190 g/mol. The Balaban J connectivity index is 2.05. The second-order valence-corrected chi connectivity index (χ2v) is 3.92. The molecule has 0 radical (unpaired) electrons. The van der Waals surface area contributed by atoms with Crippen molar-refractivity contribution in [3.8, 4) is 0 Å². The average Bonchev–Trinajstić information content (AvgIpc) is 2.78. The van der Waals surface area contributed by atoms with Crippen molar-refractivity contribution in [1.82, 2.24) is 15.2 Å². The van der Waals surface area contributed by atoms with Gasteiger partial charge < -0.3 is 4.74 Å². The molecule has 2 aromatic rings. The fourth-order valence-electron chi connectivity index (χ4n) is 2.22. The van der Waals surface area contributed by atoms with E-state index in [9.17, 15) is 0 Å². The normalized spacial score (nSPS) is 18.4. The van der Waals surface area contributed by atoms with E-state index in [0.717, 1.165) is 37.1 Å². The molecule has 0 aromatic carbocycles. The second-order valence-electron chi connectivity index (χ2n) is 3.92. The number of aromatic amines is 1. The van der Waals surface area contributed by atoms with Crippen LogP contribution in [0.2, 0.25) is 0 Å². The summed E-state index contributed by atoms with van der Waals surface area (Å²) in [7, 11) is 0. The fourth-order valence-corrected chi connectivity index (χ4v) is 2.22. The molecule has 78 valence electrons. The van der Waals surface area contributed by atoms with Gasteiger partial charge in [-0.2, -0.15) is 5.10 Å². The summed E-state index contributed by atoms with van der Waals surface area (Å²) in [5, 5.41) is 7.07. The SMILES string of the molecule is c1cc(C2CCOCC2)c2[nH]ncc2n1. The maximum absolute atomic E-state index is 5.37. The van der Waals surface area contributed by atoms with Gasteiger partial charge in [-0.1, -0.05) is 0 Å². The minimum Gasteiger partial charge on any atom is -0.381 e. The van der Waals surface area contributed by atoms with Crippen molar-refractivity contribution in [2.24, 2.45) is 0 Å².